The zero-order chi connectivity index (χ0) is 15.5. The van der Waals surface area contributed by atoms with Crippen molar-refractivity contribution in [3.8, 4) is 0 Å². The molecule has 0 fully saturated rings. The van der Waals surface area contributed by atoms with Crippen molar-refractivity contribution in [1.29, 1.82) is 0 Å². The lowest BCUT2D eigenvalue weighted by molar-refractivity contribution is -0.141. The van der Waals surface area contributed by atoms with Crippen LogP contribution < -0.4 is 5.32 Å². The molecule has 0 aromatic carbocycles. The van der Waals surface area contributed by atoms with Crippen LogP contribution >= 0.6 is 0 Å². The van der Waals surface area contributed by atoms with Crippen LogP contribution in [0.15, 0.2) is 35.1 Å². The van der Waals surface area contributed by atoms with E-state index in [1.165, 1.54) is 6.26 Å². The Bertz CT molecular complexity index is 590. The molecule has 0 saturated heterocycles. The van der Waals surface area contributed by atoms with Crippen molar-refractivity contribution < 1.29 is 22.4 Å². The number of carbonyl (C=O) groups excluding carboxylic acids is 1. The van der Waals surface area contributed by atoms with E-state index in [0.29, 0.717) is 6.42 Å². The van der Waals surface area contributed by atoms with E-state index in [-0.39, 0.29) is 12.6 Å². The fraction of sp³-hybridized carbons (Fsp3) is 0.385. The first kappa shape index (κ1) is 15.1. The fourth-order valence-corrected chi connectivity index (χ4v) is 1.85. The quantitative estimate of drug-likeness (QED) is 0.921. The molecule has 0 unspecified atom stereocenters. The van der Waals surface area contributed by atoms with Crippen LogP contribution in [0, 0.1) is 0 Å². The highest BCUT2D eigenvalue weighted by Gasteiger charge is 2.33. The van der Waals surface area contributed by atoms with E-state index in [1.807, 2.05) is 0 Å². The van der Waals surface area contributed by atoms with Gasteiger partial charge in [0.2, 0.25) is 5.91 Å². The van der Waals surface area contributed by atoms with E-state index in [4.69, 9.17) is 4.42 Å². The molecule has 2 rings (SSSR count). The van der Waals surface area contributed by atoms with Gasteiger partial charge in [-0.3, -0.25) is 9.48 Å². The molecule has 2 aromatic heterocycles. The number of amides is 1. The minimum absolute atomic E-state index is 0.193. The molecule has 0 radical (unpaired) electrons. The number of hydrogen-bond acceptors (Lipinski definition) is 3. The number of rotatable bonds is 5. The maximum Gasteiger partial charge on any atom is 0.435 e. The van der Waals surface area contributed by atoms with Gasteiger partial charge >= 0.3 is 6.18 Å². The summed E-state index contributed by atoms with van der Waals surface area (Å²) < 4.78 is 43.2. The summed E-state index contributed by atoms with van der Waals surface area (Å²) >= 11 is 0. The van der Waals surface area contributed by atoms with E-state index >= 15 is 0 Å². The fourth-order valence-electron chi connectivity index (χ4n) is 1.85. The third-order valence-electron chi connectivity index (χ3n) is 2.73. The van der Waals surface area contributed by atoms with E-state index in [1.54, 1.807) is 19.1 Å². The molecule has 0 aliphatic carbocycles. The molecule has 1 amide bonds. The number of carbonyl (C=O) groups is 1. The summed E-state index contributed by atoms with van der Waals surface area (Å²) in [5, 5.41) is 5.99. The molecule has 0 aliphatic heterocycles. The van der Waals surface area contributed by atoms with Crippen molar-refractivity contribution in [2.45, 2.75) is 32.1 Å². The second-order valence-electron chi connectivity index (χ2n) is 4.65. The van der Waals surface area contributed by atoms with Crippen LogP contribution in [0.3, 0.4) is 0 Å². The minimum Gasteiger partial charge on any atom is -0.469 e. The Labute approximate surface area is 118 Å². The van der Waals surface area contributed by atoms with Crippen LogP contribution in [0.5, 0.6) is 0 Å². The van der Waals surface area contributed by atoms with Crippen LogP contribution in [0.1, 0.15) is 18.4 Å². The molecule has 1 atom stereocenters. The van der Waals surface area contributed by atoms with Gasteiger partial charge in [0.25, 0.3) is 0 Å². The van der Waals surface area contributed by atoms with E-state index in [0.717, 1.165) is 22.7 Å². The topological polar surface area (TPSA) is 60.1 Å². The monoisotopic (exact) mass is 301 g/mol. The average molecular weight is 301 g/mol. The first-order valence-electron chi connectivity index (χ1n) is 6.27. The van der Waals surface area contributed by atoms with Gasteiger partial charge in [0.1, 0.15) is 12.3 Å². The number of nitrogens with zero attached hydrogens (tertiary/aromatic N) is 2. The Hall–Kier alpha value is -2.25. The van der Waals surface area contributed by atoms with Gasteiger partial charge in [-0.2, -0.15) is 18.3 Å². The van der Waals surface area contributed by atoms with Crippen molar-refractivity contribution in [3.05, 3.63) is 42.1 Å². The third-order valence-corrected chi connectivity index (χ3v) is 2.73. The summed E-state index contributed by atoms with van der Waals surface area (Å²) in [6, 6.07) is 4.17. The highest BCUT2D eigenvalue weighted by Crippen LogP contribution is 2.27. The van der Waals surface area contributed by atoms with Crippen LogP contribution in [0.2, 0.25) is 0 Å². The number of furan rings is 1. The van der Waals surface area contributed by atoms with Gasteiger partial charge in [-0.25, -0.2) is 0 Å². The highest BCUT2D eigenvalue weighted by atomic mass is 19.4. The van der Waals surface area contributed by atoms with E-state index < -0.39 is 17.8 Å². The van der Waals surface area contributed by atoms with Gasteiger partial charge in [0, 0.05) is 18.7 Å². The molecule has 114 valence electrons. The number of alkyl halides is 3. The predicted octanol–water partition coefficient (Wildman–Crippen LogP) is 2.24. The standard InChI is InChI=1S/C13H14F3N3O2/c1-9(7-10-3-2-6-21-10)17-12(20)8-19-5-4-11(18-19)13(14,15)16/h2-6,9H,7-8H2,1H3,(H,17,20)/t9-/m0/s1. The Balaban J connectivity index is 1.85. The summed E-state index contributed by atoms with van der Waals surface area (Å²) in [7, 11) is 0. The Morgan fingerprint density at radius 2 is 2.24 bits per heavy atom. The van der Waals surface area contributed by atoms with Crippen molar-refractivity contribution in [3.63, 3.8) is 0 Å². The third kappa shape index (κ3) is 4.37. The molecule has 21 heavy (non-hydrogen) atoms. The normalized spacial score (nSPS) is 13.1. The van der Waals surface area contributed by atoms with E-state index in [2.05, 4.69) is 10.4 Å². The molecule has 0 spiro atoms. The Morgan fingerprint density at radius 3 is 2.81 bits per heavy atom. The lowest BCUT2D eigenvalue weighted by Gasteiger charge is -2.12. The average Bonchev–Trinajstić information content (AvgIpc) is 2.98. The molecule has 0 aliphatic rings. The molecule has 1 N–H and O–H groups in total. The second-order valence-corrected chi connectivity index (χ2v) is 4.65. The van der Waals surface area contributed by atoms with Crippen molar-refractivity contribution in [1.82, 2.24) is 15.1 Å². The van der Waals surface area contributed by atoms with Crippen LogP contribution in [-0.2, 0) is 23.9 Å². The molecule has 5 nitrogen and oxygen atoms in total. The summed E-state index contributed by atoms with van der Waals surface area (Å²) in [4.78, 5) is 11.7. The molecule has 2 aromatic rings. The van der Waals surface area contributed by atoms with Gasteiger partial charge in [0.05, 0.1) is 6.26 Å². The molecule has 0 saturated carbocycles. The molecule has 0 bridgehead atoms. The zero-order valence-electron chi connectivity index (χ0n) is 11.2. The van der Waals surface area contributed by atoms with Gasteiger partial charge in [0.15, 0.2) is 5.69 Å². The lowest BCUT2D eigenvalue weighted by atomic mass is 10.2. The summed E-state index contributed by atoms with van der Waals surface area (Å²) in [6.07, 6.45) is -1.34. The first-order valence-corrected chi connectivity index (χ1v) is 6.27. The number of aromatic nitrogens is 2. The summed E-state index contributed by atoms with van der Waals surface area (Å²) in [5.41, 5.74) is -1.01. The number of halogens is 3. The van der Waals surface area contributed by atoms with Crippen molar-refractivity contribution in [2.24, 2.45) is 0 Å². The molecule has 8 heteroatoms. The van der Waals surface area contributed by atoms with Gasteiger partial charge in [-0.15, -0.1) is 0 Å². The maximum atomic E-state index is 12.4. The van der Waals surface area contributed by atoms with Gasteiger partial charge < -0.3 is 9.73 Å². The van der Waals surface area contributed by atoms with Gasteiger partial charge in [-0.05, 0) is 25.1 Å². The molecular formula is C13H14F3N3O2. The maximum absolute atomic E-state index is 12.4. The highest BCUT2D eigenvalue weighted by molar-refractivity contribution is 5.75. The Morgan fingerprint density at radius 1 is 1.48 bits per heavy atom. The van der Waals surface area contributed by atoms with Crippen molar-refractivity contribution >= 4 is 5.91 Å². The first-order chi connectivity index (χ1) is 9.84. The largest absolute Gasteiger partial charge is 0.469 e. The zero-order valence-corrected chi connectivity index (χ0v) is 11.2. The summed E-state index contributed by atoms with van der Waals surface area (Å²) in [5.74, 6) is 0.312. The Kier molecular flexibility index (Phi) is 4.35. The number of hydrogen-bond donors (Lipinski definition) is 1. The summed E-state index contributed by atoms with van der Waals surface area (Å²) in [6.45, 7) is 1.52. The predicted molar refractivity (Wildman–Crippen MR) is 67.2 cm³/mol. The van der Waals surface area contributed by atoms with Gasteiger partial charge in [-0.1, -0.05) is 0 Å². The van der Waals surface area contributed by atoms with Crippen molar-refractivity contribution in [2.75, 3.05) is 0 Å². The van der Waals surface area contributed by atoms with E-state index in [9.17, 15) is 18.0 Å². The second kappa shape index (κ2) is 6.02. The smallest absolute Gasteiger partial charge is 0.435 e. The molecular weight excluding hydrogens is 287 g/mol. The van der Waals surface area contributed by atoms with Crippen LogP contribution in [0.25, 0.3) is 0 Å². The van der Waals surface area contributed by atoms with Crippen LogP contribution in [0.4, 0.5) is 13.2 Å². The SMILES string of the molecule is C[C@@H](Cc1ccco1)NC(=O)Cn1ccc(C(F)(F)F)n1. The van der Waals surface area contributed by atoms with Crippen LogP contribution in [-0.4, -0.2) is 21.7 Å². The molecule has 2 heterocycles. The number of nitrogens with one attached hydrogen (secondary N) is 1. The minimum atomic E-state index is -4.51. The lowest BCUT2D eigenvalue weighted by Crippen LogP contribution is -2.36.